The maximum atomic E-state index is 14.8. The van der Waals surface area contributed by atoms with Crippen LogP contribution >= 0.6 is 0 Å². The number of nitrogens with one attached hydrogen (secondary N) is 3. The summed E-state index contributed by atoms with van der Waals surface area (Å²) < 4.78 is 14.8. The first-order valence-electron chi connectivity index (χ1n) is 8.92. The van der Waals surface area contributed by atoms with E-state index in [1.54, 1.807) is 18.3 Å². The lowest BCUT2D eigenvalue weighted by Crippen LogP contribution is -2.26. The minimum absolute atomic E-state index is 0.156. The molecule has 144 valence electrons. The van der Waals surface area contributed by atoms with E-state index in [1.165, 1.54) is 12.1 Å². The summed E-state index contributed by atoms with van der Waals surface area (Å²) in [5.74, 6) is -1.76. The molecule has 7 nitrogen and oxygen atoms in total. The average molecular weight is 382 g/mol. The summed E-state index contributed by atoms with van der Waals surface area (Å²) in [5.41, 5.74) is 8.29. The first-order valence-corrected chi connectivity index (χ1v) is 8.92. The van der Waals surface area contributed by atoms with Crippen molar-refractivity contribution in [3.05, 3.63) is 47.9 Å². The third-order valence-electron chi connectivity index (χ3n) is 4.89. The van der Waals surface area contributed by atoms with Crippen LogP contribution in [-0.2, 0) is 4.79 Å². The molecule has 1 aliphatic heterocycles. The molecule has 4 rings (SSSR count). The van der Waals surface area contributed by atoms with Gasteiger partial charge in [-0.2, -0.15) is 0 Å². The van der Waals surface area contributed by atoms with Gasteiger partial charge in [-0.05, 0) is 43.3 Å². The van der Waals surface area contributed by atoms with E-state index in [4.69, 9.17) is 5.73 Å². The zero-order valence-electron chi connectivity index (χ0n) is 14.9. The lowest BCUT2D eigenvalue weighted by atomic mass is 9.95. The van der Waals surface area contributed by atoms with Crippen LogP contribution in [0.5, 0.6) is 0 Å². The highest BCUT2D eigenvalue weighted by Gasteiger charge is 2.29. The van der Waals surface area contributed by atoms with Crippen molar-refractivity contribution in [3.8, 4) is 11.3 Å². The van der Waals surface area contributed by atoms with Crippen molar-refractivity contribution >= 4 is 34.0 Å². The van der Waals surface area contributed by atoms with E-state index in [-0.39, 0.29) is 24.3 Å². The molecule has 0 radical (unpaired) electrons. The minimum atomic E-state index is -0.973. The fraction of sp³-hybridized carbons (Fsp3) is 0.200. The molecule has 1 unspecified atom stereocenters. The lowest BCUT2D eigenvalue weighted by Gasteiger charge is -2.20. The van der Waals surface area contributed by atoms with Gasteiger partial charge in [-0.1, -0.05) is 0 Å². The first kappa shape index (κ1) is 18.0. The number of amides is 1. The molecule has 6 N–H and O–H groups in total. The van der Waals surface area contributed by atoms with Crippen molar-refractivity contribution in [2.75, 3.05) is 17.2 Å². The van der Waals surface area contributed by atoms with Crippen molar-refractivity contribution in [1.29, 1.82) is 0 Å². The summed E-state index contributed by atoms with van der Waals surface area (Å²) >= 11 is 0. The molecule has 3 aromatic rings. The molecular weight excluding hydrogens is 363 g/mol. The molecule has 0 fully saturated rings. The summed E-state index contributed by atoms with van der Waals surface area (Å²) in [7, 11) is 0. The Morgan fingerprint density at radius 3 is 2.79 bits per heavy atom. The number of aromatic nitrogens is 1. The average Bonchev–Trinajstić information content (AvgIpc) is 3.27. The SMILES string of the molecule is NCCC(CC(=O)O)Nc1cc(-c2ccc[nH]2)c2c3c(ccc(F)c13)NC2=O. The van der Waals surface area contributed by atoms with E-state index < -0.39 is 17.8 Å². The number of hydrogen-bond donors (Lipinski definition) is 5. The number of nitrogens with two attached hydrogens (primary N) is 1. The van der Waals surface area contributed by atoms with Gasteiger partial charge in [-0.25, -0.2) is 4.39 Å². The van der Waals surface area contributed by atoms with Gasteiger partial charge in [-0.15, -0.1) is 0 Å². The second-order valence-electron chi connectivity index (χ2n) is 6.75. The first-order chi connectivity index (χ1) is 13.5. The highest BCUT2D eigenvalue weighted by atomic mass is 19.1. The van der Waals surface area contributed by atoms with Gasteiger partial charge in [0.2, 0.25) is 0 Å². The monoisotopic (exact) mass is 382 g/mol. The number of rotatable bonds is 7. The van der Waals surface area contributed by atoms with Crippen molar-refractivity contribution in [1.82, 2.24) is 4.98 Å². The number of carboxylic acids is 1. The van der Waals surface area contributed by atoms with Crippen molar-refractivity contribution in [3.63, 3.8) is 0 Å². The fourth-order valence-electron chi connectivity index (χ4n) is 3.73. The maximum absolute atomic E-state index is 14.8. The Kier molecular flexibility index (Phi) is 4.48. The van der Waals surface area contributed by atoms with E-state index >= 15 is 0 Å². The number of benzene rings is 2. The largest absolute Gasteiger partial charge is 0.481 e. The number of carbonyl (C=O) groups excluding carboxylic acids is 1. The van der Waals surface area contributed by atoms with Crippen LogP contribution in [0.15, 0.2) is 36.5 Å². The quantitative estimate of drug-likeness (QED) is 0.430. The number of aromatic amines is 1. The molecule has 8 heteroatoms. The van der Waals surface area contributed by atoms with Gasteiger partial charge < -0.3 is 26.5 Å². The third kappa shape index (κ3) is 2.97. The molecule has 0 spiro atoms. The van der Waals surface area contributed by atoms with E-state index in [9.17, 15) is 19.1 Å². The number of aliphatic carboxylic acids is 1. The Bertz CT molecular complexity index is 1080. The molecule has 1 amide bonds. The zero-order chi connectivity index (χ0) is 19.8. The molecule has 2 heterocycles. The molecule has 0 bridgehead atoms. The molecule has 0 aliphatic carbocycles. The summed E-state index contributed by atoms with van der Waals surface area (Å²) in [6, 6.07) is 7.67. The Hall–Kier alpha value is -3.39. The lowest BCUT2D eigenvalue weighted by molar-refractivity contribution is -0.137. The highest BCUT2D eigenvalue weighted by molar-refractivity contribution is 6.28. The second kappa shape index (κ2) is 6.97. The normalized spacial score (nSPS) is 13.6. The zero-order valence-corrected chi connectivity index (χ0v) is 14.9. The standard InChI is InChI=1S/C20H19FN4O3/c21-12-3-4-14-19-17(20(28)25-14)11(13-2-1-7-23-13)9-15(18(12)19)24-10(5-6-22)8-16(26)27/h1-4,7,9-10,23-24H,5-6,8,22H2,(H,25,28)(H,26,27). The van der Waals surface area contributed by atoms with Crippen molar-refractivity contribution < 1.29 is 19.1 Å². The summed E-state index contributed by atoms with van der Waals surface area (Å²) in [4.78, 5) is 26.9. The van der Waals surface area contributed by atoms with Crippen LogP contribution in [0.25, 0.3) is 22.0 Å². The molecule has 0 saturated heterocycles. The van der Waals surface area contributed by atoms with Gasteiger partial charge >= 0.3 is 5.97 Å². The molecule has 28 heavy (non-hydrogen) atoms. The Morgan fingerprint density at radius 2 is 2.11 bits per heavy atom. The predicted octanol–water partition coefficient (Wildman–Crippen LogP) is 3.14. The molecule has 1 aliphatic rings. The van der Waals surface area contributed by atoms with Gasteiger partial charge in [0.25, 0.3) is 5.91 Å². The van der Waals surface area contributed by atoms with Crippen LogP contribution in [0.1, 0.15) is 23.2 Å². The van der Waals surface area contributed by atoms with Crippen LogP contribution in [-0.4, -0.2) is 34.6 Å². The number of hydrogen-bond acceptors (Lipinski definition) is 4. The number of carboxylic acid groups (broad SMARTS) is 1. The van der Waals surface area contributed by atoms with Gasteiger partial charge in [0.05, 0.1) is 12.0 Å². The number of H-pyrrole nitrogens is 1. The van der Waals surface area contributed by atoms with Gasteiger partial charge in [0.15, 0.2) is 0 Å². The van der Waals surface area contributed by atoms with Crippen LogP contribution < -0.4 is 16.4 Å². The topological polar surface area (TPSA) is 120 Å². The maximum Gasteiger partial charge on any atom is 0.305 e. The van der Waals surface area contributed by atoms with Crippen molar-refractivity contribution in [2.45, 2.75) is 18.9 Å². The second-order valence-corrected chi connectivity index (χ2v) is 6.75. The van der Waals surface area contributed by atoms with E-state index in [0.717, 1.165) is 0 Å². The number of carbonyl (C=O) groups is 2. The van der Waals surface area contributed by atoms with Crippen molar-refractivity contribution in [2.24, 2.45) is 5.73 Å². The van der Waals surface area contributed by atoms with E-state index in [2.05, 4.69) is 15.6 Å². The van der Waals surface area contributed by atoms with Gasteiger partial charge in [-0.3, -0.25) is 9.59 Å². The predicted molar refractivity (Wildman–Crippen MR) is 105 cm³/mol. The smallest absolute Gasteiger partial charge is 0.305 e. The number of halogens is 1. The summed E-state index contributed by atoms with van der Waals surface area (Å²) in [6.07, 6.45) is 1.99. The molecular formula is C20H19FN4O3. The molecule has 2 aromatic carbocycles. The summed E-state index contributed by atoms with van der Waals surface area (Å²) in [6.45, 7) is 0.290. The van der Waals surface area contributed by atoms with Crippen LogP contribution in [0.3, 0.4) is 0 Å². The van der Waals surface area contributed by atoms with Crippen LogP contribution in [0, 0.1) is 5.82 Å². The Morgan fingerprint density at radius 1 is 1.29 bits per heavy atom. The fourth-order valence-corrected chi connectivity index (χ4v) is 3.73. The van der Waals surface area contributed by atoms with Crippen LogP contribution in [0.2, 0.25) is 0 Å². The van der Waals surface area contributed by atoms with Crippen LogP contribution in [0.4, 0.5) is 15.8 Å². The molecule has 0 saturated carbocycles. The summed E-state index contributed by atoms with van der Waals surface area (Å²) in [5, 5.41) is 15.8. The molecule has 1 atom stereocenters. The molecule has 1 aromatic heterocycles. The Labute approximate surface area is 159 Å². The Balaban J connectivity index is 1.95. The number of anilines is 2. The highest BCUT2D eigenvalue weighted by Crippen LogP contribution is 2.43. The minimum Gasteiger partial charge on any atom is -0.481 e. The van der Waals surface area contributed by atoms with Gasteiger partial charge in [0, 0.05) is 45.6 Å². The van der Waals surface area contributed by atoms with E-state index in [1.807, 2.05) is 6.07 Å². The third-order valence-corrected chi connectivity index (χ3v) is 4.89. The van der Waals surface area contributed by atoms with Gasteiger partial charge in [0.1, 0.15) is 5.82 Å². The van der Waals surface area contributed by atoms with E-state index in [0.29, 0.717) is 40.0 Å².